The molecule has 3 aromatic rings. The summed E-state index contributed by atoms with van der Waals surface area (Å²) in [4.78, 5) is 20.4. The van der Waals surface area contributed by atoms with Gasteiger partial charge in [-0.25, -0.2) is 4.98 Å². The lowest BCUT2D eigenvalue weighted by Gasteiger charge is -2.19. The van der Waals surface area contributed by atoms with E-state index in [2.05, 4.69) is 43.6 Å². The summed E-state index contributed by atoms with van der Waals surface area (Å²) in [6.07, 6.45) is 3.25. The molecule has 146 valence electrons. The SMILES string of the molecule is Cc1cc(N2CCCC2)ccc1NC(=O)CSc1n[nH]c(Cc2cccs2)n1. The smallest absolute Gasteiger partial charge is 0.234 e. The van der Waals surface area contributed by atoms with Crippen LogP contribution in [0.2, 0.25) is 0 Å². The zero-order valence-corrected chi connectivity index (χ0v) is 17.4. The topological polar surface area (TPSA) is 73.9 Å². The van der Waals surface area contributed by atoms with Crippen LogP contribution in [0.15, 0.2) is 40.9 Å². The average Bonchev–Trinajstić information content (AvgIpc) is 3.45. The normalized spacial score (nSPS) is 13.8. The van der Waals surface area contributed by atoms with Crippen LogP contribution in [-0.4, -0.2) is 39.9 Å². The Labute approximate surface area is 172 Å². The van der Waals surface area contributed by atoms with E-state index in [-0.39, 0.29) is 11.7 Å². The summed E-state index contributed by atoms with van der Waals surface area (Å²) in [5, 5.41) is 12.8. The van der Waals surface area contributed by atoms with E-state index in [1.807, 2.05) is 24.4 Å². The molecule has 6 nitrogen and oxygen atoms in total. The summed E-state index contributed by atoms with van der Waals surface area (Å²) in [7, 11) is 0. The molecule has 1 aliphatic rings. The summed E-state index contributed by atoms with van der Waals surface area (Å²) in [6.45, 7) is 4.27. The number of carbonyl (C=O) groups excluding carboxylic acids is 1. The Morgan fingerprint density at radius 3 is 2.93 bits per heavy atom. The molecule has 0 bridgehead atoms. The van der Waals surface area contributed by atoms with Gasteiger partial charge in [0.2, 0.25) is 11.1 Å². The molecule has 8 heteroatoms. The van der Waals surface area contributed by atoms with Gasteiger partial charge < -0.3 is 10.2 Å². The van der Waals surface area contributed by atoms with Crippen molar-refractivity contribution in [1.29, 1.82) is 0 Å². The minimum absolute atomic E-state index is 0.0494. The quantitative estimate of drug-likeness (QED) is 0.571. The summed E-state index contributed by atoms with van der Waals surface area (Å²) >= 11 is 3.04. The number of anilines is 2. The maximum Gasteiger partial charge on any atom is 0.234 e. The molecule has 0 unspecified atom stereocenters. The van der Waals surface area contributed by atoms with Crippen molar-refractivity contribution in [3.8, 4) is 0 Å². The number of aromatic nitrogens is 3. The molecule has 0 atom stereocenters. The first-order valence-electron chi connectivity index (χ1n) is 9.39. The molecular formula is C20H23N5OS2. The van der Waals surface area contributed by atoms with Gasteiger partial charge in [-0.05, 0) is 55.0 Å². The number of nitrogens with zero attached hydrogens (tertiary/aromatic N) is 3. The van der Waals surface area contributed by atoms with E-state index in [1.54, 1.807) is 11.3 Å². The molecule has 0 saturated carbocycles. The number of H-pyrrole nitrogens is 1. The molecule has 0 radical (unpaired) electrons. The van der Waals surface area contributed by atoms with E-state index >= 15 is 0 Å². The third-order valence-corrected chi connectivity index (χ3v) is 6.44. The van der Waals surface area contributed by atoms with Gasteiger partial charge in [0.15, 0.2) is 0 Å². The van der Waals surface area contributed by atoms with E-state index in [1.165, 1.54) is 35.2 Å². The number of hydrogen-bond acceptors (Lipinski definition) is 6. The number of amides is 1. The van der Waals surface area contributed by atoms with E-state index in [4.69, 9.17) is 0 Å². The van der Waals surface area contributed by atoms with Crippen LogP contribution in [0.25, 0.3) is 0 Å². The summed E-state index contributed by atoms with van der Waals surface area (Å²) < 4.78 is 0. The van der Waals surface area contributed by atoms with Gasteiger partial charge in [-0.15, -0.1) is 16.4 Å². The molecule has 28 heavy (non-hydrogen) atoms. The van der Waals surface area contributed by atoms with Crippen LogP contribution in [-0.2, 0) is 11.2 Å². The van der Waals surface area contributed by atoms with E-state index < -0.39 is 0 Å². The largest absolute Gasteiger partial charge is 0.372 e. The number of aryl methyl sites for hydroxylation is 1. The molecule has 0 spiro atoms. The molecular weight excluding hydrogens is 390 g/mol. The van der Waals surface area contributed by atoms with Crippen molar-refractivity contribution >= 4 is 40.4 Å². The van der Waals surface area contributed by atoms with Gasteiger partial charge in [0.25, 0.3) is 0 Å². The predicted molar refractivity (Wildman–Crippen MR) is 115 cm³/mol. The van der Waals surface area contributed by atoms with E-state index in [0.29, 0.717) is 5.16 Å². The van der Waals surface area contributed by atoms with Crippen molar-refractivity contribution in [2.45, 2.75) is 31.3 Å². The van der Waals surface area contributed by atoms with Gasteiger partial charge >= 0.3 is 0 Å². The maximum atomic E-state index is 12.3. The third kappa shape index (κ3) is 4.74. The zero-order valence-electron chi connectivity index (χ0n) is 15.8. The van der Waals surface area contributed by atoms with Crippen LogP contribution in [0.4, 0.5) is 11.4 Å². The monoisotopic (exact) mass is 413 g/mol. The van der Waals surface area contributed by atoms with Gasteiger partial charge in [-0.1, -0.05) is 17.8 Å². The predicted octanol–water partition coefficient (Wildman–Crippen LogP) is 4.10. The second kappa shape index (κ2) is 8.79. The van der Waals surface area contributed by atoms with Gasteiger partial charge in [0.05, 0.1) is 5.75 Å². The number of hydrogen-bond donors (Lipinski definition) is 2. The fourth-order valence-corrected chi connectivity index (χ4v) is 4.60. The number of nitrogens with one attached hydrogen (secondary N) is 2. The highest BCUT2D eigenvalue weighted by Gasteiger charge is 2.14. The average molecular weight is 414 g/mol. The zero-order chi connectivity index (χ0) is 19.3. The molecule has 1 amide bonds. The van der Waals surface area contributed by atoms with Gasteiger partial charge in [-0.3, -0.25) is 9.89 Å². The van der Waals surface area contributed by atoms with Crippen LogP contribution in [0.1, 0.15) is 29.1 Å². The van der Waals surface area contributed by atoms with Crippen LogP contribution >= 0.6 is 23.1 Å². The number of benzene rings is 1. The molecule has 1 fully saturated rings. The number of thioether (sulfide) groups is 1. The molecule has 1 aromatic carbocycles. The van der Waals surface area contributed by atoms with Crippen LogP contribution < -0.4 is 10.2 Å². The minimum Gasteiger partial charge on any atom is -0.372 e. The fourth-order valence-electron chi connectivity index (χ4n) is 3.28. The first kappa shape index (κ1) is 19.0. The van der Waals surface area contributed by atoms with Crippen molar-refractivity contribution in [1.82, 2.24) is 15.2 Å². The Bertz CT molecular complexity index is 932. The Hall–Kier alpha value is -2.32. The molecule has 4 rings (SSSR count). The Kier molecular flexibility index (Phi) is 5.97. The van der Waals surface area contributed by atoms with Crippen molar-refractivity contribution < 1.29 is 4.79 Å². The second-order valence-electron chi connectivity index (χ2n) is 6.85. The highest BCUT2D eigenvalue weighted by atomic mass is 32.2. The highest BCUT2D eigenvalue weighted by Crippen LogP contribution is 2.26. The first-order chi connectivity index (χ1) is 13.7. The number of thiophene rings is 1. The van der Waals surface area contributed by atoms with Gasteiger partial charge in [-0.2, -0.15) is 0 Å². The first-order valence-corrected chi connectivity index (χ1v) is 11.3. The van der Waals surface area contributed by atoms with Crippen molar-refractivity contribution in [2.24, 2.45) is 0 Å². The standard InChI is InChI=1S/C20H23N5OS2/c1-14-11-15(25-8-2-3-9-25)6-7-17(14)21-19(26)13-28-20-22-18(23-24-20)12-16-5-4-10-27-16/h4-7,10-11H,2-3,8-9,12-13H2,1H3,(H,21,26)(H,22,23,24). The lowest BCUT2D eigenvalue weighted by Crippen LogP contribution is -2.18. The van der Waals surface area contributed by atoms with Crippen molar-refractivity contribution in [2.75, 3.05) is 29.1 Å². The number of rotatable bonds is 7. The summed E-state index contributed by atoms with van der Waals surface area (Å²) in [5.74, 6) is 1.05. The molecule has 2 aromatic heterocycles. The Morgan fingerprint density at radius 1 is 1.32 bits per heavy atom. The third-order valence-electron chi connectivity index (χ3n) is 4.72. The van der Waals surface area contributed by atoms with Crippen LogP contribution in [0, 0.1) is 6.92 Å². The van der Waals surface area contributed by atoms with Gasteiger partial charge in [0.1, 0.15) is 5.82 Å². The number of aromatic amines is 1. The maximum absolute atomic E-state index is 12.3. The highest BCUT2D eigenvalue weighted by molar-refractivity contribution is 7.99. The number of carbonyl (C=O) groups is 1. The van der Waals surface area contributed by atoms with E-state index in [0.717, 1.165) is 36.6 Å². The summed E-state index contributed by atoms with van der Waals surface area (Å²) in [6, 6.07) is 10.3. The van der Waals surface area contributed by atoms with Crippen LogP contribution in [0.3, 0.4) is 0 Å². The Morgan fingerprint density at radius 2 is 2.18 bits per heavy atom. The second-order valence-corrected chi connectivity index (χ2v) is 8.83. The molecule has 2 N–H and O–H groups in total. The van der Waals surface area contributed by atoms with Crippen molar-refractivity contribution in [3.05, 3.63) is 52.0 Å². The molecule has 0 aliphatic carbocycles. The fraction of sp³-hybridized carbons (Fsp3) is 0.350. The minimum atomic E-state index is -0.0494. The van der Waals surface area contributed by atoms with Gasteiger partial charge in [0, 0.05) is 35.8 Å². The summed E-state index contributed by atoms with van der Waals surface area (Å²) in [5.41, 5.74) is 3.18. The van der Waals surface area contributed by atoms with E-state index in [9.17, 15) is 4.79 Å². The van der Waals surface area contributed by atoms with Crippen molar-refractivity contribution in [3.63, 3.8) is 0 Å². The Balaban J connectivity index is 1.29. The molecule has 1 saturated heterocycles. The molecule has 3 heterocycles. The lowest BCUT2D eigenvalue weighted by molar-refractivity contribution is -0.113. The lowest BCUT2D eigenvalue weighted by atomic mass is 10.1. The molecule has 1 aliphatic heterocycles. The van der Waals surface area contributed by atoms with Crippen LogP contribution in [0.5, 0.6) is 0 Å².